The highest BCUT2D eigenvalue weighted by molar-refractivity contribution is 5.89. The van der Waals surface area contributed by atoms with Crippen LogP contribution >= 0.6 is 0 Å². The van der Waals surface area contributed by atoms with Crippen molar-refractivity contribution >= 4 is 11.7 Å². The predicted octanol–water partition coefficient (Wildman–Crippen LogP) is 3.65. The summed E-state index contributed by atoms with van der Waals surface area (Å²) in [5.74, 6) is 1.79. The minimum absolute atomic E-state index is 0.119. The van der Waals surface area contributed by atoms with Crippen molar-refractivity contribution in [3.05, 3.63) is 42.7 Å². The molecule has 1 saturated heterocycles. The number of fused-ring (bicyclic) bond motifs is 2. The topological polar surface area (TPSA) is 79.4 Å². The van der Waals surface area contributed by atoms with E-state index in [9.17, 15) is 4.79 Å². The molecule has 2 N–H and O–H groups in total. The molecule has 3 fully saturated rings. The van der Waals surface area contributed by atoms with Crippen LogP contribution in [0, 0.1) is 11.8 Å². The van der Waals surface area contributed by atoms with Crippen LogP contribution < -0.4 is 15.4 Å². The largest absolute Gasteiger partial charge is 0.424 e. The zero-order valence-electron chi connectivity index (χ0n) is 16.5. The Bertz CT molecular complexity index is 826. The molecule has 29 heavy (non-hydrogen) atoms. The van der Waals surface area contributed by atoms with E-state index in [2.05, 4.69) is 25.5 Å². The van der Waals surface area contributed by atoms with E-state index in [1.807, 2.05) is 12.1 Å². The number of nitrogens with one attached hydrogen (secondary N) is 2. The Labute approximate surface area is 170 Å². The molecule has 5 rings (SSSR count). The first-order valence-corrected chi connectivity index (χ1v) is 10.6. The molecular weight excluding hydrogens is 366 g/mol. The van der Waals surface area contributed by atoms with Crippen LogP contribution in [0.1, 0.15) is 32.1 Å². The summed E-state index contributed by atoms with van der Waals surface area (Å²) < 4.78 is 5.59. The zero-order chi connectivity index (χ0) is 19.6. The van der Waals surface area contributed by atoms with Gasteiger partial charge in [-0.25, -0.2) is 14.8 Å². The van der Waals surface area contributed by atoms with Gasteiger partial charge in [0, 0.05) is 43.3 Å². The fourth-order valence-electron chi connectivity index (χ4n) is 4.81. The van der Waals surface area contributed by atoms with Gasteiger partial charge in [-0.3, -0.25) is 4.90 Å². The number of hydrogen-bond acceptors (Lipinski definition) is 5. The molecule has 0 radical (unpaired) electrons. The Morgan fingerprint density at radius 3 is 2.34 bits per heavy atom. The van der Waals surface area contributed by atoms with Gasteiger partial charge in [-0.2, -0.15) is 0 Å². The Kier molecular flexibility index (Phi) is 5.06. The molecule has 3 aliphatic rings. The van der Waals surface area contributed by atoms with Crippen LogP contribution in [0.25, 0.3) is 0 Å². The molecule has 1 aliphatic heterocycles. The number of aromatic nitrogens is 2. The Balaban J connectivity index is 1.16. The summed E-state index contributed by atoms with van der Waals surface area (Å²) >= 11 is 0. The highest BCUT2D eigenvalue weighted by Gasteiger charge is 2.43. The number of urea groups is 1. The summed E-state index contributed by atoms with van der Waals surface area (Å²) in [7, 11) is 0. The number of likely N-dealkylation sites (tertiary alicyclic amines) is 1. The third-order valence-corrected chi connectivity index (χ3v) is 6.33. The first-order chi connectivity index (χ1) is 14.2. The monoisotopic (exact) mass is 393 g/mol. The summed E-state index contributed by atoms with van der Waals surface area (Å²) in [6.07, 6.45) is 9.71. The number of carbonyl (C=O) groups excluding carboxylic acids is 1. The van der Waals surface area contributed by atoms with Gasteiger partial charge in [0.1, 0.15) is 5.75 Å². The molecule has 2 aliphatic carbocycles. The summed E-state index contributed by atoms with van der Waals surface area (Å²) in [6.45, 7) is 2.28. The van der Waals surface area contributed by atoms with Crippen LogP contribution in [0.3, 0.4) is 0 Å². The molecule has 7 nitrogen and oxygen atoms in total. The maximum absolute atomic E-state index is 12.6. The molecule has 2 heterocycles. The van der Waals surface area contributed by atoms with Gasteiger partial charge in [0.05, 0.1) is 0 Å². The van der Waals surface area contributed by atoms with Gasteiger partial charge < -0.3 is 15.4 Å². The van der Waals surface area contributed by atoms with E-state index in [-0.39, 0.29) is 12.1 Å². The molecule has 2 saturated carbocycles. The minimum atomic E-state index is -0.119. The SMILES string of the molecule is O=C(Nc1ccc(Oc2ncccn2)cc1)NC1[C@H]2CCC[C@H]1CN(C1CC1)C2. The summed E-state index contributed by atoms with van der Waals surface area (Å²) in [6, 6.07) is 10.3. The van der Waals surface area contributed by atoms with Crippen LogP contribution in [0.2, 0.25) is 0 Å². The Morgan fingerprint density at radius 1 is 1.00 bits per heavy atom. The van der Waals surface area contributed by atoms with Crippen LogP contribution in [0.15, 0.2) is 42.7 Å². The Morgan fingerprint density at radius 2 is 1.69 bits per heavy atom. The van der Waals surface area contributed by atoms with E-state index in [0.717, 1.165) is 24.8 Å². The minimum Gasteiger partial charge on any atom is -0.424 e. The van der Waals surface area contributed by atoms with Crippen molar-refractivity contribution in [1.29, 1.82) is 0 Å². The number of nitrogens with zero attached hydrogens (tertiary/aromatic N) is 3. The fourth-order valence-corrected chi connectivity index (χ4v) is 4.81. The number of piperidine rings is 1. The molecular formula is C22H27N5O2. The number of ether oxygens (including phenoxy) is 1. The lowest BCUT2D eigenvalue weighted by Crippen LogP contribution is -2.59. The lowest BCUT2D eigenvalue weighted by Gasteiger charge is -2.47. The van der Waals surface area contributed by atoms with E-state index in [0.29, 0.717) is 23.6 Å². The lowest BCUT2D eigenvalue weighted by atomic mass is 9.73. The number of carbonyl (C=O) groups is 1. The van der Waals surface area contributed by atoms with Crippen LogP contribution in [-0.2, 0) is 0 Å². The molecule has 2 aromatic rings. The highest BCUT2D eigenvalue weighted by Crippen LogP contribution is 2.39. The molecule has 0 spiro atoms. The highest BCUT2D eigenvalue weighted by atomic mass is 16.5. The van der Waals surface area contributed by atoms with Crippen molar-refractivity contribution in [3.63, 3.8) is 0 Å². The normalized spacial score (nSPS) is 26.6. The van der Waals surface area contributed by atoms with E-state index in [1.54, 1.807) is 30.6 Å². The van der Waals surface area contributed by atoms with Gasteiger partial charge in [0.2, 0.25) is 0 Å². The molecule has 1 aromatic carbocycles. The number of anilines is 1. The maximum Gasteiger partial charge on any atom is 0.321 e. The first-order valence-electron chi connectivity index (χ1n) is 10.6. The van der Waals surface area contributed by atoms with E-state index >= 15 is 0 Å². The van der Waals surface area contributed by atoms with Gasteiger partial charge in [0.25, 0.3) is 0 Å². The first kappa shape index (κ1) is 18.4. The van der Waals surface area contributed by atoms with Crippen molar-refractivity contribution in [3.8, 4) is 11.8 Å². The van der Waals surface area contributed by atoms with Gasteiger partial charge in [-0.15, -0.1) is 0 Å². The molecule has 2 bridgehead atoms. The quantitative estimate of drug-likeness (QED) is 0.811. The third kappa shape index (κ3) is 4.34. The van der Waals surface area contributed by atoms with Gasteiger partial charge in [-0.05, 0) is 67.9 Å². The molecule has 0 unspecified atom stereocenters. The van der Waals surface area contributed by atoms with Crippen molar-refractivity contribution < 1.29 is 9.53 Å². The second-order valence-corrected chi connectivity index (χ2v) is 8.42. The third-order valence-electron chi connectivity index (χ3n) is 6.33. The number of rotatable bonds is 5. The van der Waals surface area contributed by atoms with Crippen molar-refractivity contribution in [2.75, 3.05) is 18.4 Å². The number of hydrogen-bond donors (Lipinski definition) is 2. The average molecular weight is 393 g/mol. The van der Waals surface area contributed by atoms with Gasteiger partial charge in [0.15, 0.2) is 0 Å². The van der Waals surface area contributed by atoms with Gasteiger partial charge >= 0.3 is 12.0 Å². The molecule has 152 valence electrons. The fraction of sp³-hybridized carbons (Fsp3) is 0.500. The van der Waals surface area contributed by atoms with Crippen molar-refractivity contribution in [1.82, 2.24) is 20.2 Å². The summed E-state index contributed by atoms with van der Waals surface area (Å²) in [4.78, 5) is 23.4. The second kappa shape index (κ2) is 7.99. The number of amides is 2. The van der Waals surface area contributed by atoms with Crippen LogP contribution in [0.5, 0.6) is 11.8 Å². The molecule has 2 amide bonds. The summed E-state index contributed by atoms with van der Waals surface area (Å²) in [5.41, 5.74) is 0.740. The average Bonchev–Trinajstić information content (AvgIpc) is 3.55. The smallest absolute Gasteiger partial charge is 0.321 e. The van der Waals surface area contributed by atoms with E-state index in [1.165, 1.54) is 32.1 Å². The Hall–Kier alpha value is -2.67. The maximum atomic E-state index is 12.6. The molecule has 1 aromatic heterocycles. The van der Waals surface area contributed by atoms with Crippen molar-refractivity contribution in [2.45, 2.75) is 44.2 Å². The van der Waals surface area contributed by atoms with Gasteiger partial charge in [-0.1, -0.05) is 6.42 Å². The van der Waals surface area contributed by atoms with Crippen molar-refractivity contribution in [2.24, 2.45) is 11.8 Å². The van der Waals surface area contributed by atoms with Crippen LogP contribution in [0.4, 0.5) is 10.5 Å². The lowest BCUT2D eigenvalue weighted by molar-refractivity contribution is 0.0473. The van der Waals surface area contributed by atoms with E-state index in [4.69, 9.17) is 4.74 Å². The zero-order valence-corrected chi connectivity index (χ0v) is 16.5. The second-order valence-electron chi connectivity index (χ2n) is 8.42. The van der Waals surface area contributed by atoms with E-state index < -0.39 is 0 Å². The standard InChI is InChI=1S/C22H27N5O2/c28-21(25-17-5-9-19(10-6-17)29-22-23-11-2-12-24-22)26-20-15-3-1-4-16(20)14-27(13-15)18-7-8-18/h2,5-6,9-12,15-16,18,20H,1,3-4,7-8,13-14H2,(H2,25,26,28)/t15-,16-/m0/s1. The summed E-state index contributed by atoms with van der Waals surface area (Å²) in [5, 5.41) is 6.24. The number of benzene rings is 1. The molecule has 2 atom stereocenters. The predicted molar refractivity (Wildman–Crippen MR) is 110 cm³/mol. The molecule has 7 heteroatoms. The van der Waals surface area contributed by atoms with Crippen LogP contribution in [-0.4, -0.2) is 46.1 Å².